The highest BCUT2D eigenvalue weighted by Gasteiger charge is 2.10. The van der Waals surface area contributed by atoms with E-state index in [0.29, 0.717) is 12.2 Å². The van der Waals surface area contributed by atoms with E-state index in [0.717, 1.165) is 0 Å². The average Bonchev–Trinajstić information content (AvgIpc) is 1.82. The van der Waals surface area contributed by atoms with Gasteiger partial charge >= 0.3 is 5.97 Å². The van der Waals surface area contributed by atoms with Crippen LogP contribution < -0.4 is 6.15 Å². The maximum atomic E-state index is 9.95. The largest absolute Gasteiger partial charge is 0.479 e. The van der Waals surface area contributed by atoms with Crippen molar-refractivity contribution in [3.05, 3.63) is 0 Å². The van der Waals surface area contributed by atoms with Gasteiger partial charge < -0.3 is 16.4 Å². The zero-order chi connectivity index (χ0) is 7.28. The molecule has 0 aromatic rings. The van der Waals surface area contributed by atoms with Crippen LogP contribution in [0.4, 0.5) is 0 Å². The summed E-state index contributed by atoms with van der Waals surface area (Å²) in [7, 11) is 0. The number of aliphatic hydroxyl groups is 1. The van der Waals surface area contributed by atoms with Crippen molar-refractivity contribution in [2.75, 3.05) is 12.0 Å². The molecule has 0 radical (unpaired) electrons. The molecular formula is C5H13NO3S. The smallest absolute Gasteiger partial charge is 0.332 e. The van der Waals surface area contributed by atoms with Crippen LogP contribution in [0, 0.1) is 0 Å². The first-order chi connectivity index (χ1) is 4.18. The summed E-state index contributed by atoms with van der Waals surface area (Å²) in [5, 5.41) is 16.8. The Labute approximate surface area is 64.2 Å². The number of carbonyl (C=O) groups is 1. The average molecular weight is 167 g/mol. The quantitative estimate of drug-likeness (QED) is 0.561. The second-order valence-corrected chi connectivity index (χ2v) is 2.62. The summed E-state index contributed by atoms with van der Waals surface area (Å²) in [6.07, 6.45) is 1.02. The summed E-state index contributed by atoms with van der Waals surface area (Å²) >= 11 is 1.52. The van der Waals surface area contributed by atoms with E-state index < -0.39 is 12.1 Å². The Morgan fingerprint density at radius 2 is 2.20 bits per heavy atom. The fraction of sp³-hybridized carbons (Fsp3) is 0.800. The summed E-state index contributed by atoms with van der Waals surface area (Å²) in [5.74, 6) is -0.447. The van der Waals surface area contributed by atoms with Crippen LogP contribution in [0.2, 0.25) is 0 Å². The molecule has 0 aliphatic heterocycles. The van der Waals surface area contributed by atoms with Gasteiger partial charge in [-0.15, -0.1) is 0 Å². The molecule has 0 heterocycles. The highest BCUT2D eigenvalue weighted by Crippen LogP contribution is 1.99. The van der Waals surface area contributed by atoms with E-state index in [1.54, 1.807) is 0 Å². The number of rotatable bonds is 4. The lowest BCUT2D eigenvalue weighted by Crippen LogP contribution is -2.19. The molecule has 0 aliphatic carbocycles. The number of aliphatic carboxylic acids is 1. The van der Waals surface area contributed by atoms with Crippen molar-refractivity contribution in [3.8, 4) is 0 Å². The van der Waals surface area contributed by atoms with Gasteiger partial charge in [0.15, 0.2) is 6.10 Å². The number of carboxylic acids is 1. The molecule has 4 nitrogen and oxygen atoms in total. The van der Waals surface area contributed by atoms with Crippen LogP contribution in [0.3, 0.4) is 0 Å². The van der Waals surface area contributed by atoms with Crippen LogP contribution in [0.25, 0.3) is 0 Å². The van der Waals surface area contributed by atoms with Crippen LogP contribution in [0.15, 0.2) is 0 Å². The molecule has 0 aromatic carbocycles. The van der Waals surface area contributed by atoms with E-state index in [9.17, 15) is 4.79 Å². The third-order valence-electron chi connectivity index (χ3n) is 0.880. The Bertz CT molecular complexity index is 98.9. The SMILES string of the molecule is CSCCC(O)C(=O)O.N. The number of hydrogen-bond donors (Lipinski definition) is 3. The molecule has 0 amide bonds. The van der Waals surface area contributed by atoms with Gasteiger partial charge in [-0.2, -0.15) is 11.8 Å². The van der Waals surface area contributed by atoms with Crippen LogP contribution in [0.1, 0.15) is 6.42 Å². The van der Waals surface area contributed by atoms with Crippen LogP contribution in [0.5, 0.6) is 0 Å². The van der Waals surface area contributed by atoms with Crippen LogP contribution in [-0.2, 0) is 4.79 Å². The number of carboxylic acid groups (broad SMARTS) is 1. The molecule has 10 heavy (non-hydrogen) atoms. The monoisotopic (exact) mass is 167 g/mol. The minimum absolute atomic E-state index is 0. The van der Waals surface area contributed by atoms with Crippen molar-refractivity contribution >= 4 is 17.7 Å². The molecule has 1 unspecified atom stereocenters. The van der Waals surface area contributed by atoms with Crippen molar-refractivity contribution in [1.82, 2.24) is 6.15 Å². The second-order valence-electron chi connectivity index (χ2n) is 1.64. The molecule has 1 atom stereocenters. The maximum Gasteiger partial charge on any atom is 0.332 e. The van der Waals surface area contributed by atoms with Gasteiger partial charge in [0.2, 0.25) is 0 Å². The Morgan fingerprint density at radius 1 is 1.70 bits per heavy atom. The van der Waals surface area contributed by atoms with Gasteiger partial charge in [0.1, 0.15) is 0 Å². The fourth-order valence-corrected chi connectivity index (χ4v) is 0.812. The van der Waals surface area contributed by atoms with E-state index in [4.69, 9.17) is 10.2 Å². The predicted molar refractivity (Wildman–Crippen MR) is 41.7 cm³/mol. The molecule has 5 N–H and O–H groups in total. The number of thioether (sulfide) groups is 1. The summed E-state index contributed by atoms with van der Waals surface area (Å²) in [4.78, 5) is 9.95. The lowest BCUT2D eigenvalue weighted by molar-refractivity contribution is -0.146. The van der Waals surface area contributed by atoms with E-state index in [-0.39, 0.29) is 6.15 Å². The van der Waals surface area contributed by atoms with Crippen molar-refractivity contribution in [2.24, 2.45) is 0 Å². The molecule has 0 aliphatic rings. The highest BCUT2D eigenvalue weighted by atomic mass is 32.2. The molecule has 0 aromatic heterocycles. The topological polar surface area (TPSA) is 92.5 Å². The highest BCUT2D eigenvalue weighted by molar-refractivity contribution is 7.98. The fourth-order valence-electron chi connectivity index (χ4n) is 0.353. The minimum Gasteiger partial charge on any atom is -0.479 e. The first kappa shape index (κ1) is 12.4. The molecule has 0 saturated carbocycles. The van der Waals surface area contributed by atoms with Gasteiger partial charge in [0, 0.05) is 0 Å². The van der Waals surface area contributed by atoms with Gasteiger partial charge in [-0.1, -0.05) is 0 Å². The third-order valence-corrected chi connectivity index (χ3v) is 1.52. The Morgan fingerprint density at radius 3 is 2.50 bits per heavy atom. The lowest BCUT2D eigenvalue weighted by atomic mass is 10.3. The zero-order valence-electron chi connectivity index (χ0n) is 5.91. The predicted octanol–water partition coefficient (Wildman–Crippen LogP) is 0.347. The lowest BCUT2D eigenvalue weighted by Gasteiger charge is -2.01. The first-order valence-electron chi connectivity index (χ1n) is 2.58. The molecule has 62 valence electrons. The van der Waals surface area contributed by atoms with Gasteiger partial charge in [-0.05, 0) is 18.4 Å². The van der Waals surface area contributed by atoms with Crippen molar-refractivity contribution in [3.63, 3.8) is 0 Å². The standard InChI is InChI=1S/C5H10O3S.H3N/c1-9-3-2-4(6)5(7)8;/h4,6H,2-3H2,1H3,(H,7,8);1H3. The maximum absolute atomic E-state index is 9.95. The first-order valence-corrected chi connectivity index (χ1v) is 3.97. The minimum atomic E-state index is -1.18. The van der Waals surface area contributed by atoms with E-state index in [1.807, 2.05) is 6.26 Å². The van der Waals surface area contributed by atoms with Crippen LogP contribution in [-0.4, -0.2) is 34.3 Å². The van der Waals surface area contributed by atoms with Gasteiger partial charge in [-0.25, -0.2) is 4.79 Å². The van der Waals surface area contributed by atoms with Gasteiger partial charge in [0.25, 0.3) is 0 Å². The Kier molecular flexibility index (Phi) is 8.51. The summed E-state index contributed by atoms with van der Waals surface area (Å²) in [5.41, 5.74) is 0. The van der Waals surface area contributed by atoms with E-state index >= 15 is 0 Å². The molecule has 0 rings (SSSR count). The van der Waals surface area contributed by atoms with E-state index in [1.165, 1.54) is 11.8 Å². The molecule has 5 heteroatoms. The zero-order valence-corrected chi connectivity index (χ0v) is 6.73. The molecule has 0 fully saturated rings. The molecule has 0 bridgehead atoms. The Balaban J connectivity index is 0. The van der Waals surface area contributed by atoms with Crippen molar-refractivity contribution in [1.29, 1.82) is 0 Å². The van der Waals surface area contributed by atoms with E-state index in [2.05, 4.69) is 0 Å². The molecular weight excluding hydrogens is 154 g/mol. The summed E-state index contributed by atoms with van der Waals surface area (Å²) in [6.45, 7) is 0. The van der Waals surface area contributed by atoms with Crippen molar-refractivity contribution < 1.29 is 15.0 Å². The summed E-state index contributed by atoms with van der Waals surface area (Å²) in [6, 6.07) is 0. The number of aliphatic hydroxyl groups excluding tert-OH is 1. The summed E-state index contributed by atoms with van der Waals surface area (Å²) < 4.78 is 0. The van der Waals surface area contributed by atoms with Gasteiger partial charge in [0.05, 0.1) is 0 Å². The normalized spacial score (nSPS) is 11.8. The molecule has 0 spiro atoms. The third kappa shape index (κ3) is 5.87. The Hall–Kier alpha value is -0.260. The molecule has 0 saturated heterocycles. The number of hydrogen-bond acceptors (Lipinski definition) is 4. The van der Waals surface area contributed by atoms with Crippen molar-refractivity contribution in [2.45, 2.75) is 12.5 Å². The van der Waals surface area contributed by atoms with Gasteiger partial charge in [-0.3, -0.25) is 0 Å². The second kappa shape index (κ2) is 6.85. The van der Waals surface area contributed by atoms with Crippen LogP contribution >= 0.6 is 11.8 Å².